The number of fused-ring (bicyclic) bond motifs is 1. The Morgan fingerprint density at radius 3 is 2.52 bits per heavy atom. The fourth-order valence-corrected chi connectivity index (χ4v) is 3.89. The van der Waals surface area contributed by atoms with Crippen molar-refractivity contribution in [1.29, 1.82) is 0 Å². The van der Waals surface area contributed by atoms with Gasteiger partial charge in [-0.2, -0.15) is 5.10 Å². The average molecular weight is 372 g/mol. The highest BCUT2D eigenvalue weighted by molar-refractivity contribution is 5.30. The Bertz CT molecular complexity index is 741. The van der Waals surface area contributed by atoms with Crippen LogP contribution in [0.4, 0.5) is 5.95 Å². The Morgan fingerprint density at radius 2 is 1.78 bits per heavy atom. The molecule has 0 aliphatic carbocycles. The number of aliphatic hydroxyl groups is 2. The molecule has 1 atom stereocenters. The molecule has 146 valence electrons. The van der Waals surface area contributed by atoms with Crippen LogP contribution in [0.2, 0.25) is 0 Å². The molecule has 2 N–H and O–H groups in total. The third kappa shape index (κ3) is 4.28. The van der Waals surface area contributed by atoms with E-state index < -0.39 is 6.10 Å². The van der Waals surface area contributed by atoms with E-state index in [1.807, 2.05) is 23.1 Å². The van der Waals surface area contributed by atoms with Crippen LogP contribution >= 0.6 is 0 Å². The molecule has 2 aromatic heterocycles. The fourth-order valence-electron chi connectivity index (χ4n) is 3.89. The maximum Gasteiger partial charge on any atom is 0.225 e. The van der Waals surface area contributed by atoms with Gasteiger partial charge in [-0.25, -0.2) is 9.97 Å². The lowest BCUT2D eigenvalue weighted by Crippen LogP contribution is -2.31. The molecule has 0 spiro atoms. The van der Waals surface area contributed by atoms with E-state index in [2.05, 4.69) is 24.9 Å². The van der Waals surface area contributed by atoms with Gasteiger partial charge in [-0.1, -0.05) is 0 Å². The summed E-state index contributed by atoms with van der Waals surface area (Å²) in [5.41, 5.74) is 2.73. The van der Waals surface area contributed by atoms with Crippen LogP contribution in [0, 0.1) is 0 Å². The van der Waals surface area contributed by atoms with E-state index in [1.165, 1.54) is 19.3 Å². The topological polar surface area (TPSA) is 90.5 Å². The summed E-state index contributed by atoms with van der Waals surface area (Å²) in [7, 11) is 0. The molecule has 0 unspecified atom stereocenters. The lowest BCUT2D eigenvalue weighted by atomic mass is 10.1. The summed E-state index contributed by atoms with van der Waals surface area (Å²) in [5.74, 6) is 0.843. The highest BCUT2D eigenvalue weighted by Gasteiger charge is 2.20. The zero-order valence-electron chi connectivity index (χ0n) is 15.7. The largest absolute Gasteiger partial charge is 0.393 e. The number of aromatic nitrogens is 4. The second-order valence-electron chi connectivity index (χ2n) is 7.49. The molecule has 0 aromatic carbocycles. The summed E-state index contributed by atoms with van der Waals surface area (Å²) < 4.78 is 1.95. The predicted molar refractivity (Wildman–Crippen MR) is 101 cm³/mol. The molecule has 4 heterocycles. The van der Waals surface area contributed by atoms with E-state index in [9.17, 15) is 5.11 Å². The van der Waals surface area contributed by atoms with Gasteiger partial charge < -0.3 is 15.1 Å². The summed E-state index contributed by atoms with van der Waals surface area (Å²) >= 11 is 0. The zero-order chi connectivity index (χ0) is 18.6. The van der Waals surface area contributed by atoms with Gasteiger partial charge in [0.15, 0.2) is 0 Å². The summed E-state index contributed by atoms with van der Waals surface area (Å²) in [6.45, 7) is 5.17. The van der Waals surface area contributed by atoms with E-state index in [-0.39, 0.29) is 6.61 Å². The number of piperidine rings is 1. The van der Waals surface area contributed by atoms with Crippen LogP contribution in [-0.4, -0.2) is 61.1 Å². The Kier molecular flexibility index (Phi) is 5.66. The quantitative estimate of drug-likeness (QED) is 0.812. The van der Waals surface area contributed by atoms with E-state index in [4.69, 9.17) is 5.11 Å². The van der Waals surface area contributed by atoms with Crippen molar-refractivity contribution in [2.24, 2.45) is 0 Å². The maximum absolute atomic E-state index is 9.82. The zero-order valence-corrected chi connectivity index (χ0v) is 15.7. The Balaban J connectivity index is 1.41. The molecule has 27 heavy (non-hydrogen) atoms. The van der Waals surface area contributed by atoms with Crippen molar-refractivity contribution in [3.05, 3.63) is 35.4 Å². The van der Waals surface area contributed by atoms with Gasteiger partial charge in [0.2, 0.25) is 5.95 Å². The van der Waals surface area contributed by atoms with Gasteiger partial charge in [0.05, 0.1) is 18.0 Å². The average Bonchev–Trinajstić information content (AvgIpc) is 3.02. The van der Waals surface area contributed by atoms with E-state index >= 15 is 0 Å². The van der Waals surface area contributed by atoms with Gasteiger partial charge in [0.1, 0.15) is 6.10 Å². The lowest BCUT2D eigenvalue weighted by Gasteiger charge is -2.26. The van der Waals surface area contributed by atoms with Crippen molar-refractivity contribution < 1.29 is 10.2 Å². The first-order chi connectivity index (χ1) is 13.2. The first-order valence-corrected chi connectivity index (χ1v) is 9.86. The molecule has 8 nitrogen and oxygen atoms in total. The van der Waals surface area contributed by atoms with Crippen LogP contribution < -0.4 is 4.90 Å². The number of aliphatic hydroxyl groups excluding tert-OH is 2. The second-order valence-corrected chi connectivity index (χ2v) is 7.49. The molecule has 4 rings (SSSR count). The van der Waals surface area contributed by atoms with E-state index in [0.717, 1.165) is 62.9 Å². The molecule has 0 bridgehead atoms. The van der Waals surface area contributed by atoms with Crippen molar-refractivity contribution in [1.82, 2.24) is 24.6 Å². The van der Waals surface area contributed by atoms with Crippen molar-refractivity contribution in [2.45, 2.75) is 51.4 Å². The van der Waals surface area contributed by atoms with Crippen molar-refractivity contribution in [2.75, 3.05) is 31.1 Å². The monoisotopic (exact) mass is 372 g/mol. The van der Waals surface area contributed by atoms with Crippen LogP contribution in [0.15, 0.2) is 18.5 Å². The third-order valence-corrected chi connectivity index (χ3v) is 5.36. The van der Waals surface area contributed by atoms with Gasteiger partial charge in [0.25, 0.3) is 0 Å². The van der Waals surface area contributed by atoms with Gasteiger partial charge >= 0.3 is 0 Å². The lowest BCUT2D eigenvalue weighted by molar-refractivity contribution is 0.0916. The summed E-state index contributed by atoms with van der Waals surface area (Å²) in [6, 6.07) is 1.90. The summed E-state index contributed by atoms with van der Waals surface area (Å²) in [6.07, 6.45) is 7.72. The third-order valence-electron chi connectivity index (χ3n) is 5.36. The fraction of sp³-hybridized carbons (Fsp3) is 0.632. The molecule has 1 saturated heterocycles. The number of anilines is 1. The standard InChI is InChI=1S/C19H28N6O2/c26-14-18(27)17-9-16-13-23(5-4-8-25(16)22-17)12-15-10-20-19(21-11-15)24-6-2-1-3-7-24/h9-11,18,26-27H,1-8,12-14H2/t18-/m1/s1. The number of rotatable bonds is 5. The highest BCUT2D eigenvalue weighted by Crippen LogP contribution is 2.20. The predicted octanol–water partition coefficient (Wildman–Crippen LogP) is 1.09. The highest BCUT2D eigenvalue weighted by atomic mass is 16.3. The second kappa shape index (κ2) is 8.33. The molecule has 2 aromatic rings. The minimum atomic E-state index is -0.909. The minimum absolute atomic E-state index is 0.305. The molecule has 2 aliphatic heterocycles. The van der Waals surface area contributed by atoms with Crippen LogP contribution in [0.3, 0.4) is 0 Å². The van der Waals surface area contributed by atoms with Crippen LogP contribution in [0.5, 0.6) is 0 Å². The van der Waals surface area contributed by atoms with Gasteiger partial charge in [0, 0.05) is 57.2 Å². The Morgan fingerprint density at radius 1 is 1.00 bits per heavy atom. The number of nitrogens with zero attached hydrogens (tertiary/aromatic N) is 6. The molecule has 2 aliphatic rings. The van der Waals surface area contributed by atoms with Crippen LogP contribution in [0.25, 0.3) is 0 Å². The molecule has 0 amide bonds. The number of hydrogen-bond donors (Lipinski definition) is 2. The van der Waals surface area contributed by atoms with Gasteiger partial charge in [-0.15, -0.1) is 0 Å². The molecular formula is C19H28N6O2. The molecule has 0 radical (unpaired) electrons. The maximum atomic E-state index is 9.82. The SMILES string of the molecule is OC[C@@H](O)c1cc2n(n1)CCCN(Cc1cnc(N3CCCCC3)nc1)C2. The Labute approximate surface area is 159 Å². The van der Waals surface area contributed by atoms with E-state index in [1.54, 1.807) is 0 Å². The van der Waals surface area contributed by atoms with Gasteiger partial charge in [-0.3, -0.25) is 9.58 Å². The van der Waals surface area contributed by atoms with Crippen molar-refractivity contribution in [3.8, 4) is 0 Å². The number of hydrogen-bond acceptors (Lipinski definition) is 7. The minimum Gasteiger partial charge on any atom is -0.393 e. The molecular weight excluding hydrogens is 344 g/mol. The van der Waals surface area contributed by atoms with E-state index in [0.29, 0.717) is 5.69 Å². The van der Waals surface area contributed by atoms with Crippen LogP contribution in [0.1, 0.15) is 48.7 Å². The summed E-state index contributed by atoms with van der Waals surface area (Å²) in [5, 5.41) is 23.4. The van der Waals surface area contributed by atoms with Crippen molar-refractivity contribution in [3.63, 3.8) is 0 Å². The van der Waals surface area contributed by atoms with Gasteiger partial charge in [-0.05, 0) is 31.7 Å². The van der Waals surface area contributed by atoms with Crippen LogP contribution in [-0.2, 0) is 19.6 Å². The number of aryl methyl sites for hydroxylation is 1. The molecule has 8 heteroatoms. The first-order valence-electron chi connectivity index (χ1n) is 9.86. The summed E-state index contributed by atoms with van der Waals surface area (Å²) in [4.78, 5) is 13.8. The van der Waals surface area contributed by atoms with Crippen molar-refractivity contribution >= 4 is 5.95 Å². The molecule has 1 fully saturated rings. The molecule has 0 saturated carbocycles. The Hall–Kier alpha value is -2.03. The normalized spacial score (nSPS) is 19.6. The smallest absolute Gasteiger partial charge is 0.225 e. The first kappa shape index (κ1) is 18.3.